The first-order chi connectivity index (χ1) is 9.15. The number of hydrogen-bond donors (Lipinski definition) is 3. The molecule has 0 atom stereocenters. The molecular weight excluding hydrogens is 258 g/mol. The highest BCUT2D eigenvalue weighted by atomic mass is 32.1. The standard InChI is InChI=1S/C13H21N5S/c1-3-18(4-2)10-15-12-7-5-11(6-8-12)9-16-17-13(14)19/h5-9,15H,3-4,10H2,1-2H3,(H3,14,17,19)/b16-9+. The van der Waals surface area contributed by atoms with Gasteiger partial charge in [0.05, 0.1) is 12.9 Å². The van der Waals surface area contributed by atoms with Gasteiger partial charge in [-0.1, -0.05) is 26.0 Å². The summed E-state index contributed by atoms with van der Waals surface area (Å²) >= 11 is 4.65. The van der Waals surface area contributed by atoms with Gasteiger partial charge in [0.2, 0.25) is 0 Å². The number of rotatable bonds is 7. The van der Waals surface area contributed by atoms with Crippen LogP contribution >= 0.6 is 12.2 Å². The molecule has 5 nitrogen and oxygen atoms in total. The largest absolute Gasteiger partial charge is 0.375 e. The van der Waals surface area contributed by atoms with Crippen LogP contribution in [0.15, 0.2) is 29.4 Å². The Kier molecular flexibility index (Phi) is 6.84. The van der Waals surface area contributed by atoms with E-state index in [0.29, 0.717) is 0 Å². The van der Waals surface area contributed by atoms with Gasteiger partial charge < -0.3 is 11.1 Å². The highest BCUT2D eigenvalue weighted by molar-refractivity contribution is 7.80. The molecule has 4 N–H and O–H groups in total. The summed E-state index contributed by atoms with van der Waals surface area (Å²) in [4.78, 5) is 2.31. The zero-order valence-corrected chi connectivity index (χ0v) is 12.2. The average Bonchev–Trinajstić information content (AvgIpc) is 2.41. The van der Waals surface area contributed by atoms with Crippen molar-refractivity contribution in [2.24, 2.45) is 10.8 Å². The molecule has 6 heteroatoms. The van der Waals surface area contributed by atoms with Crippen molar-refractivity contribution in [3.05, 3.63) is 29.8 Å². The minimum atomic E-state index is 0.161. The molecular formula is C13H21N5S. The second kappa shape index (κ2) is 8.44. The lowest BCUT2D eigenvalue weighted by atomic mass is 10.2. The SMILES string of the molecule is CCN(CC)CNc1ccc(/C=N/NC(N)=S)cc1. The summed E-state index contributed by atoms with van der Waals surface area (Å²) < 4.78 is 0. The summed E-state index contributed by atoms with van der Waals surface area (Å²) in [5.41, 5.74) is 9.86. The number of benzene rings is 1. The van der Waals surface area contributed by atoms with Crippen LogP contribution in [0, 0.1) is 0 Å². The quantitative estimate of drug-likeness (QED) is 0.306. The van der Waals surface area contributed by atoms with Crippen molar-refractivity contribution in [1.82, 2.24) is 10.3 Å². The summed E-state index contributed by atoms with van der Waals surface area (Å²) in [6, 6.07) is 8.00. The Bertz CT molecular complexity index is 412. The van der Waals surface area contributed by atoms with Gasteiger partial charge in [-0.3, -0.25) is 10.3 Å². The monoisotopic (exact) mass is 279 g/mol. The van der Waals surface area contributed by atoms with Crippen molar-refractivity contribution in [1.29, 1.82) is 0 Å². The van der Waals surface area contributed by atoms with Crippen LogP contribution < -0.4 is 16.5 Å². The fourth-order valence-electron chi connectivity index (χ4n) is 1.51. The zero-order chi connectivity index (χ0) is 14.1. The van der Waals surface area contributed by atoms with Crippen molar-refractivity contribution < 1.29 is 0 Å². The van der Waals surface area contributed by atoms with Crippen LogP contribution in [0.2, 0.25) is 0 Å². The predicted octanol–water partition coefficient (Wildman–Crippen LogP) is 1.56. The normalized spacial score (nSPS) is 10.9. The molecule has 0 heterocycles. The van der Waals surface area contributed by atoms with Gasteiger partial charge in [0.25, 0.3) is 0 Å². The molecule has 0 unspecified atom stereocenters. The maximum atomic E-state index is 5.27. The lowest BCUT2D eigenvalue weighted by Gasteiger charge is -2.19. The van der Waals surface area contributed by atoms with E-state index < -0.39 is 0 Å². The van der Waals surface area contributed by atoms with Crippen LogP contribution in [0.4, 0.5) is 5.69 Å². The van der Waals surface area contributed by atoms with Gasteiger partial charge >= 0.3 is 0 Å². The van der Waals surface area contributed by atoms with Crippen molar-refractivity contribution in [3.8, 4) is 0 Å². The van der Waals surface area contributed by atoms with E-state index in [1.54, 1.807) is 6.21 Å². The van der Waals surface area contributed by atoms with Crippen LogP contribution in [-0.2, 0) is 0 Å². The molecule has 0 aliphatic rings. The van der Waals surface area contributed by atoms with Gasteiger partial charge in [-0.05, 0) is 43.0 Å². The second-order valence-corrected chi connectivity index (χ2v) is 4.43. The fraction of sp³-hybridized carbons (Fsp3) is 0.385. The first-order valence-corrected chi connectivity index (χ1v) is 6.71. The van der Waals surface area contributed by atoms with Crippen molar-refractivity contribution >= 4 is 29.2 Å². The number of anilines is 1. The van der Waals surface area contributed by atoms with Crippen molar-refractivity contribution in [3.63, 3.8) is 0 Å². The summed E-state index contributed by atoms with van der Waals surface area (Å²) in [5.74, 6) is 0. The molecule has 0 aliphatic carbocycles. The Labute approximate surface area is 119 Å². The van der Waals surface area contributed by atoms with Gasteiger partial charge in [0, 0.05) is 5.69 Å². The zero-order valence-electron chi connectivity index (χ0n) is 11.4. The van der Waals surface area contributed by atoms with Gasteiger partial charge in [-0.15, -0.1) is 0 Å². The summed E-state index contributed by atoms with van der Waals surface area (Å²) in [5, 5.41) is 7.44. The molecule has 0 aromatic heterocycles. The molecule has 104 valence electrons. The summed E-state index contributed by atoms with van der Waals surface area (Å²) in [7, 11) is 0. The van der Waals surface area contributed by atoms with Gasteiger partial charge in [0.1, 0.15) is 0 Å². The Balaban J connectivity index is 2.47. The molecule has 0 saturated heterocycles. The third-order valence-corrected chi connectivity index (χ3v) is 2.79. The topological polar surface area (TPSA) is 65.7 Å². The first kappa shape index (κ1) is 15.4. The van der Waals surface area contributed by atoms with Crippen LogP contribution in [0.25, 0.3) is 0 Å². The molecule has 0 aliphatic heterocycles. The number of thiocarbonyl (C=S) groups is 1. The van der Waals surface area contributed by atoms with E-state index >= 15 is 0 Å². The summed E-state index contributed by atoms with van der Waals surface area (Å²) in [6.07, 6.45) is 1.67. The van der Waals surface area contributed by atoms with E-state index in [1.807, 2.05) is 24.3 Å². The smallest absolute Gasteiger partial charge is 0.184 e. The third-order valence-electron chi connectivity index (χ3n) is 2.70. The fourth-order valence-corrected chi connectivity index (χ4v) is 1.56. The summed E-state index contributed by atoms with van der Waals surface area (Å²) in [6.45, 7) is 7.24. The maximum absolute atomic E-state index is 5.27. The lowest BCUT2D eigenvalue weighted by Crippen LogP contribution is -2.28. The minimum Gasteiger partial charge on any atom is -0.375 e. The molecule has 0 fully saturated rings. The van der Waals surface area contributed by atoms with E-state index in [9.17, 15) is 0 Å². The number of hydrazone groups is 1. The third kappa shape index (κ3) is 6.17. The molecule has 19 heavy (non-hydrogen) atoms. The van der Waals surface area contributed by atoms with Gasteiger partial charge in [-0.2, -0.15) is 5.10 Å². The molecule has 0 radical (unpaired) electrons. The molecule has 0 spiro atoms. The van der Waals surface area contributed by atoms with E-state index in [0.717, 1.165) is 31.0 Å². The first-order valence-electron chi connectivity index (χ1n) is 6.30. The molecule has 0 bridgehead atoms. The van der Waals surface area contributed by atoms with E-state index in [-0.39, 0.29) is 5.11 Å². The van der Waals surface area contributed by atoms with Crippen LogP contribution in [0.3, 0.4) is 0 Å². The Morgan fingerprint density at radius 3 is 2.47 bits per heavy atom. The van der Waals surface area contributed by atoms with Crippen LogP contribution in [0.5, 0.6) is 0 Å². The van der Waals surface area contributed by atoms with Crippen molar-refractivity contribution in [2.75, 3.05) is 25.1 Å². The maximum Gasteiger partial charge on any atom is 0.184 e. The highest BCUT2D eigenvalue weighted by Crippen LogP contribution is 2.08. The van der Waals surface area contributed by atoms with Gasteiger partial charge in [-0.25, -0.2) is 0 Å². The molecule has 1 aromatic rings. The Hall–Kier alpha value is -1.66. The van der Waals surface area contributed by atoms with Crippen molar-refractivity contribution in [2.45, 2.75) is 13.8 Å². The second-order valence-electron chi connectivity index (χ2n) is 3.99. The number of hydrogen-bond acceptors (Lipinski definition) is 4. The molecule has 0 saturated carbocycles. The van der Waals surface area contributed by atoms with Gasteiger partial charge in [0.15, 0.2) is 5.11 Å². The Morgan fingerprint density at radius 2 is 1.95 bits per heavy atom. The van der Waals surface area contributed by atoms with E-state index in [1.165, 1.54) is 0 Å². The highest BCUT2D eigenvalue weighted by Gasteiger charge is 1.98. The Morgan fingerprint density at radius 1 is 1.32 bits per heavy atom. The minimum absolute atomic E-state index is 0.161. The number of nitrogens with one attached hydrogen (secondary N) is 2. The van der Waals surface area contributed by atoms with Crippen LogP contribution in [0.1, 0.15) is 19.4 Å². The molecule has 0 amide bonds. The average molecular weight is 279 g/mol. The molecule has 1 rings (SSSR count). The predicted molar refractivity (Wildman–Crippen MR) is 85.4 cm³/mol. The number of nitrogens with two attached hydrogens (primary N) is 1. The van der Waals surface area contributed by atoms with E-state index in [4.69, 9.17) is 5.73 Å². The lowest BCUT2D eigenvalue weighted by molar-refractivity contribution is 0.326. The van der Waals surface area contributed by atoms with E-state index in [2.05, 4.69) is 46.8 Å². The van der Waals surface area contributed by atoms with Crippen LogP contribution in [-0.4, -0.2) is 36.0 Å². The molecule has 1 aromatic carbocycles. The number of nitrogens with zero attached hydrogens (tertiary/aromatic N) is 2.